The summed E-state index contributed by atoms with van der Waals surface area (Å²) in [7, 11) is 1.38. The minimum Gasteiger partial charge on any atom is -0.478 e. The Morgan fingerprint density at radius 2 is 1.92 bits per heavy atom. The molecule has 3 rings (SSSR count). The largest absolute Gasteiger partial charge is 0.478 e. The van der Waals surface area contributed by atoms with E-state index >= 15 is 0 Å². The molecule has 9 heteroatoms. The van der Waals surface area contributed by atoms with Crippen LogP contribution in [-0.4, -0.2) is 28.8 Å². The van der Waals surface area contributed by atoms with Crippen molar-refractivity contribution in [3.8, 4) is 11.6 Å². The van der Waals surface area contributed by atoms with Crippen molar-refractivity contribution in [3.63, 3.8) is 0 Å². The molecule has 9 nitrogen and oxygen atoms in total. The summed E-state index contributed by atoms with van der Waals surface area (Å²) in [6, 6.07) is 6.46. The number of ether oxygens (including phenoxy) is 2. The molecule has 0 radical (unpaired) electrons. The van der Waals surface area contributed by atoms with E-state index in [4.69, 9.17) is 13.9 Å². The van der Waals surface area contributed by atoms with Crippen LogP contribution in [0.5, 0.6) is 11.6 Å². The van der Waals surface area contributed by atoms with E-state index in [0.717, 1.165) is 0 Å². The first-order valence-corrected chi connectivity index (χ1v) is 7.35. The number of carbonyl (C=O) groups is 2. The van der Waals surface area contributed by atoms with Gasteiger partial charge in [0.2, 0.25) is 0 Å². The number of esters is 1. The molecule has 132 valence electrons. The standard InChI is InChI=1S/C17H12N2O7/c1-9(20)14-7-12-13(8-18-16(24-2)15(12)26-14)17(21)25-11-5-3-10(4-6-11)19(22)23/h3-8H,1-2H3. The highest BCUT2D eigenvalue weighted by atomic mass is 16.6. The highest BCUT2D eigenvalue weighted by molar-refractivity contribution is 6.07. The van der Waals surface area contributed by atoms with E-state index in [-0.39, 0.29) is 40.0 Å². The molecule has 0 saturated carbocycles. The van der Waals surface area contributed by atoms with Crippen LogP contribution in [0.3, 0.4) is 0 Å². The Morgan fingerprint density at radius 3 is 2.50 bits per heavy atom. The average molecular weight is 356 g/mol. The number of benzene rings is 1. The fourth-order valence-corrected chi connectivity index (χ4v) is 2.28. The zero-order valence-corrected chi connectivity index (χ0v) is 13.7. The van der Waals surface area contributed by atoms with Gasteiger partial charge in [-0.05, 0) is 18.2 Å². The number of hydrogen-bond donors (Lipinski definition) is 0. The van der Waals surface area contributed by atoms with E-state index in [1.54, 1.807) is 0 Å². The van der Waals surface area contributed by atoms with E-state index in [2.05, 4.69) is 4.98 Å². The van der Waals surface area contributed by atoms with Crippen LogP contribution in [0.1, 0.15) is 27.8 Å². The fourth-order valence-electron chi connectivity index (χ4n) is 2.28. The maximum Gasteiger partial charge on any atom is 0.345 e. The molecule has 0 bridgehead atoms. The Bertz CT molecular complexity index is 1020. The first-order chi connectivity index (χ1) is 12.4. The molecule has 0 aliphatic rings. The van der Waals surface area contributed by atoms with Crippen molar-refractivity contribution in [1.82, 2.24) is 4.98 Å². The van der Waals surface area contributed by atoms with Crippen molar-refractivity contribution >= 4 is 28.4 Å². The summed E-state index contributed by atoms with van der Waals surface area (Å²) < 4.78 is 15.7. The van der Waals surface area contributed by atoms with E-state index in [9.17, 15) is 19.7 Å². The predicted octanol–water partition coefficient (Wildman–Crippen LogP) is 3.17. The lowest BCUT2D eigenvalue weighted by atomic mass is 10.1. The van der Waals surface area contributed by atoms with Crippen molar-refractivity contribution in [2.75, 3.05) is 7.11 Å². The summed E-state index contributed by atoms with van der Waals surface area (Å²) in [4.78, 5) is 38.1. The summed E-state index contributed by atoms with van der Waals surface area (Å²) in [5.41, 5.74) is 0.0884. The number of pyridine rings is 1. The number of aromatic nitrogens is 1. The van der Waals surface area contributed by atoms with Gasteiger partial charge < -0.3 is 13.9 Å². The van der Waals surface area contributed by atoms with Crippen LogP contribution in [0, 0.1) is 10.1 Å². The van der Waals surface area contributed by atoms with Gasteiger partial charge in [-0.25, -0.2) is 9.78 Å². The Hall–Kier alpha value is -3.75. The topological polar surface area (TPSA) is 122 Å². The molecule has 0 aliphatic carbocycles. The minimum absolute atomic E-state index is 0.0516. The summed E-state index contributed by atoms with van der Waals surface area (Å²) in [5.74, 6) is -0.775. The quantitative estimate of drug-likeness (QED) is 0.225. The number of methoxy groups -OCH3 is 1. The maximum absolute atomic E-state index is 12.5. The van der Waals surface area contributed by atoms with Gasteiger partial charge in [0.1, 0.15) is 5.75 Å². The lowest BCUT2D eigenvalue weighted by Gasteiger charge is -2.06. The fraction of sp³-hybridized carbons (Fsp3) is 0.118. The van der Waals surface area contributed by atoms with Crippen LogP contribution in [0.4, 0.5) is 5.69 Å². The Kier molecular flexibility index (Phi) is 4.36. The van der Waals surface area contributed by atoms with Crippen LogP contribution >= 0.6 is 0 Å². The molecule has 2 heterocycles. The van der Waals surface area contributed by atoms with Crippen molar-refractivity contribution in [3.05, 3.63) is 58.0 Å². The number of non-ortho nitro benzene ring substituents is 1. The van der Waals surface area contributed by atoms with Crippen molar-refractivity contribution < 1.29 is 28.4 Å². The molecule has 0 spiro atoms. The highest BCUT2D eigenvalue weighted by Gasteiger charge is 2.21. The molecule has 2 aromatic heterocycles. The van der Waals surface area contributed by atoms with E-state index in [0.29, 0.717) is 5.39 Å². The van der Waals surface area contributed by atoms with E-state index in [1.165, 1.54) is 50.6 Å². The number of nitro groups is 1. The first kappa shape index (κ1) is 17.1. The van der Waals surface area contributed by atoms with Gasteiger partial charge in [0.15, 0.2) is 17.1 Å². The number of Topliss-reactive ketones (excluding diaryl/α,β-unsaturated/α-hetero) is 1. The van der Waals surface area contributed by atoms with E-state index < -0.39 is 10.9 Å². The van der Waals surface area contributed by atoms with Gasteiger partial charge in [-0.2, -0.15) is 0 Å². The molecule has 1 aromatic carbocycles. The lowest BCUT2D eigenvalue weighted by Crippen LogP contribution is -2.09. The zero-order valence-electron chi connectivity index (χ0n) is 13.7. The second kappa shape index (κ2) is 6.63. The Labute approximate surface area is 146 Å². The third-order valence-corrected chi connectivity index (χ3v) is 3.55. The molecule has 0 fully saturated rings. The normalized spacial score (nSPS) is 10.5. The smallest absolute Gasteiger partial charge is 0.345 e. The highest BCUT2D eigenvalue weighted by Crippen LogP contribution is 2.30. The maximum atomic E-state index is 12.5. The van der Waals surface area contributed by atoms with Gasteiger partial charge in [0, 0.05) is 30.6 Å². The number of nitro benzene ring substituents is 1. The number of ketones is 1. The molecule has 26 heavy (non-hydrogen) atoms. The van der Waals surface area contributed by atoms with Gasteiger partial charge in [-0.3, -0.25) is 14.9 Å². The van der Waals surface area contributed by atoms with Crippen molar-refractivity contribution in [2.24, 2.45) is 0 Å². The molecule has 0 aliphatic heterocycles. The molecule has 0 N–H and O–H groups in total. The molecule has 0 amide bonds. The molecule has 0 atom stereocenters. The molecular formula is C17H12N2O7. The number of fused-ring (bicyclic) bond motifs is 1. The third-order valence-electron chi connectivity index (χ3n) is 3.55. The van der Waals surface area contributed by atoms with Crippen LogP contribution in [-0.2, 0) is 0 Å². The average Bonchev–Trinajstić information content (AvgIpc) is 3.06. The zero-order chi connectivity index (χ0) is 18.8. The van der Waals surface area contributed by atoms with Gasteiger partial charge in [0.25, 0.3) is 11.6 Å². The van der Waals surface area contributed by atoms with Gasteiger partial charge in [-0.15, -0.1) is 0 Å². The minimum atomic E-state index is -0.755. The number of nitrogens with zero attached hydrogens (tertiary/aromatic N) is 2. The summed E-state index contributed by atoms with van der Waals surface area (Å²) >= 11 is 0. The number of carbonyl (C=O) groups excluding carboxylic acids is 2. The second-order valence-electron chi connectivity index (χ2n) is 5.23. The van der Waals surface area contributed by atoms with Crippen molar-refractivity contribution in [2.45, 2.75) is 6.92 Å². The lowest BCUT2D eigenvalue weighted by molar-refractivity contribution is -0.384. The van der Waals surface area contributed by atoms with Gasteiger partial charge >= 0.3 is 5.97 Å². The Morgan fingerprint density at radius 1 is 1.23 bits per heavy atom. The predicted molar refractivity (Wildman–Crippen MR) is 88.6 cm³/mol. The van der Waals surface area contributed by atoms with Crippen LogP contribution in [0.2, 0.25) is 0 Å². The number of rotatable bonds is 5. The summed E-state index contributed by atoms with van der Waals surface area (Å²) in [6.45, 7) is 1.33. The van der Waals surface area contributed by atoms with Crippen LogP contribution < -0.4 is 9.47 Å². The summed E-state index contributed by atoms with van der Waals surface area (Å²) in [5, 5.41) is 11.0. The molecular weight excluding hydrogens is 344 g/mol. The van der Waals surface area contributed by atoms with Crippen molar-refractivity contribution in [1.29, 1.82) is 0 Å². The van der Waals surface area contributed by atoms with Gasteiger partial charge in [0.05, 0.1) is 17.6 Å². The van der Waals surface area contributed by atoms with Crippen LogP contribution in [0.25, 0.3) is 11.0 Å². The van der Waals surface area contributed by atoms with Gasteiger partial charge in [-0.1, -0.05) is 0 Å². The number of furan rings is 1. The van der Waals surface area contributed by atoms with Crippen LogP contribution in [0.15, 0.2) is 40.9 Å². The molecule has 0 saturated heterocycles. The monoisotopic (exact) mass is 356 g/mol. The van der Waals surface area contributed by atoms with E-state index in [1.807, 2.05) is 0 Å². The second-order valence-corrected chi connectivity index (χ2v) is 5.23. The summed E-state index contributed by atoms with van der Waals surface area (Å²) in [6.07, 6.45) is 1.24. The Balaban J connectivity index is 1.97. The molecule has 0 unspecified atom stereocenters. The third kappa shape index (κ3) is 3.09. The SMILES string of the molecule is COc1ncc(C(=O)Oc2ccc([N+](=O)[O-])cc2)c2cc(C(C)=O)oc12. The molecule has 3 aromatic rings. The number of hydrogen-bond acceptors (Lipinski definition) is 8. The first-order valence-electron chi connectivity index (χ1n) is 7.35.